The summed E-state index contributed by atoms with van der Waals surface area (Å²) in [7, 11) is 1.61. The highest BCUT2D eigenvalue weighted by Crippen LogP contribution is 2.26. The second kappa shape index (κ2) is 5.79. The van der Waals surface area contributed by atoms with Crippen LogP contribution in [0.4, 0.5) is 20.3 Å². The van der Waals surface area contributed by atoms with Gasteiger partial charge in [0.2, 0.25) is 0 Å². The number of anilines is 2. The molecule has 0 saturated heterocycles. The average Bonchev–Trinajstić information content (AvgIpc) is 2.42. The number of hydrogen-bond acceptors (Lipinski definition) is 4. The molecular formula is C12H9ClF2N4O. The molecule has 2 aromatic rings. The van der Waals surface area contributed by atoms with Gasteiger partial charge in [-0.2, -0.15) is 0 Å². The van der Waals surface area contributed by atoms with Crippen molar-refractivity contribution in [2.75, 3.05) is 17.7 Å². The molecule has 1 aromatic carbocycles. The van der Waals surface area contributed by atoms with Crippen molar-refractivity contribution in [3.8, 4) is 0 Å². The van der Waals surface area contributed by atoms with E-state index in [0.717, 1.165) is 6.07 Å². The van der Waals surface area contributed by atoms with Crippen molar-refractivity contribution in [2.24, 2.45) is 0 Å². The van der Waals surface area contributed by atoms with Crippen molar-refractivity contribution < 1.29 is 13.6 Å². The molecule has 1 heterocycles. The third kappa shape index (κ3) is 3.00. The molecule has 0 fully saturated rings. The smallest absolute Gasteiger partial charge is 0.276 e. The Morgan fingerprint density at radius 3 is 2.70 bits per heavy atom. The maximum atomic E-state index is 13.5. The molecular weight excluding hydrogens is 290 g/mol. The van der Waals surface area contributed by atoms with E-state index in [1.807, 2.05) is 0 Å². The Hall–Kier alpha value is -2.28. The summed E-state index contributed by atoms with van der Waals surface area (Å²) in [5, 5.41) is 4.70. The number of nitrogens with one attached hydrogen (secondary N) is 2. The molecule has 2 N–H and O–H groups in total. The first-order valence-corrected chi connectivity index (χ1v) is 5.84. The monoisotopic (exact) mass is 298 g/mol. The number of amides is 1. The normalized spacial score (nSPS) is 10.2. The molecule has 104 valence electrons. The quantitative estimate of drug-likeness (QED) is 0.914. The van der Waals surface area contributed by atoms with E-state index in [-0.39, 0.29) is 16.4 Å². The van der Waals surface area contributed by atoms with E-state index in [4.69, 9.17) is 11.6 Å². The topological polar surface area (TPSA) is 66.9 Å². The van der Waals surface area contributed by atoms with E-state index < -0.39 is 17.5 Å². The molecule has 0 aliphatic rings. The number of rotatable bonds is 3. The van der Waals surface area contributed by atoms with Crippen molar-refractivity contribution in [3.05, 3.63) is 46.9 Å². The minimum absolute atomic E-state index is 0.0309. The molecule has 0 unspecified atom stereocenters. The van der Waals surface area contributed by atoms with Crippen molar-refractivity contribution in [1.82, 2.24) is 9.97 Å². The molecule has 0 aliphatic heterocycles. The van der Waals surface area contributed by atoms with Gasteiger partial charge in [0.05, 0.1) is 23.1 Å². The van der Waals surface area contributed by atoms with Crippen molar-refractivity contribution in [3.63, 3.8) is 0 Å². The minimum Gasteiger partial charge on any atom is -0.372 e. The lowest BCUT2D eigenvalue weighted by Crippen LogP contribution is -2.16. The average molecular weight is 299 g/mol. The van der Waals surface area contributed by atoms with E-state index in [9.17, 15) is 13.6 Å². The first kappa shape index (κ1) is 14.1. The highest BCUT2D eigenvalue weighted by molar-refractivity contribution is 6.33. The van der Waals surface area contributed by atoms with Gasteiger partial charge in [0, 0.05) is 13.1 Å². The van der Waals surface area contributed by atoms with Gasteiger partial charge in [0.15, 0.2) is 5.82 Å². The summed E-state index contributed by atoms with van der Waals surface area (Å²) < 4.78 is 26.4. The van der Waals surface area contributed by atoms with Gasteiger partial charge in [-0.25, -0.2) is 13.8 Å². The summed E-state index contributed by atoms with van der Waals surface area (Å²) in [5.41, 5.74) is -0.341. The number of benzene rings is 1. The Balaban J connectivity index is 2.28. The van der Waals surface area contributed by atoms with Crippen LogP contribution in [0.3, 0.4) is 0 Å². The summed E-state index contributed by atoms with van der Waals surface area (Å²) in [6.07, 6.45) is 2.63. The summed E-state index contributed by atoms with van der Waals surface area (Å²) in [4.78, 5) is 19.7. The summed E-state index contributed by atoms with van der Waals surface area (Å²) in [5.74, 6) is -2.13. The van der Waals surface area contributed by atoms with Crippen LogP contribution >= 0.6 is 11.6 Å². The number of halogens is 3. The number of hydrogen-bond donors (Lipinski definition) is 2. The largest absolute Gasteiger partial charge is 0.372 e. The van der Waals surface area contributed by atoms with Gasteiger partial charge in [-0.1, -0.05) is 11.6 Å². The second-order valence-electron chi connectivity index (χ2n) is 3.74. The van der Waals surface area contributed by atoms with E-state index in [1.54, 1.807) is 7.05 Å². The number of carbonyl (C=O) groups is 1. The van der Waals surface area contributed by atoms with Gasteiger partial charge in [-0.3, -0.25) is 9.78 Å². The van der Waals surface area contributed by atoms with Gasteiger partial charge < -0.3 is 10.6 Å². The summed E-state index contributed by atoms with van der Waals surface area (Å²) in [6, 6.07) is 1.52. The number of nitrogens with zero attached hydrogens (tertiary/aromatic N) is 2. The van der Waals surface area contributed by atoms with E-state index in [0.29, 0.717) is 11.9 Å². The van der Waals surface area contributed by atoms with Crippen molar-refractivity contribution in [1.29, 1.82) is 0 Å². The lowest BCUT2D eigenvalue weighted by Gasteiger charge is -2.08. The molecule has 5 nitrogen and oxygen atoms in total. The molecule has 0 atom stereocenters. The van der Waals surface area contributed by atoms with Gasteiger partial charge in [0.25, 0.3) is 5.91 Å². The first-order chi connectivity index (χ1) is 9.51. The predicted molar refractivity (Wildman–Crippen MR) is 70.9 cm³/mol. The highest BCUT2D eigenvalue weighted by atomic mass is 35.5. The molecule has 2 rings (SSSR count). The van der Waals surface area contributed by atoms with E-state index in [2.05, 4.69) is 20.6 Å². The first-order valence-electron chi connectivity index (χ1n) is 5.47. The van der Waals surface area contributed by atoms with E-state index >= 15 is 0 Å². The SMILES string of the molecule is CNc1cncc(C(=O)Nc2c(F)cc(F)cc2Cl)n1. The Morgan fingerprint density at radius 2 is 2.05 bits per heavy atom. The van der Waals surface area contributed by atoms with Crippen molar-refractivity contribution in [2.45, 2.75) is 0 Å². The van der Waals surface area contributed by atoms with Crippen LogP contribution in [0.15, 0.2) is 24.5 Å². The third-order valence-electron chi connectivity index (χ3n) is 2.37. The van der Waals surface area contributed by atoms with Crippen LogP contribution in [0.5, 0.6) is 0 Å². The number of carbonyl (C=O) groups excluding carboxylic acids is 1. The lowest BCUT2D eigenvalue weighted by atomic mass is 10.3. The molecule has 20 heavy (non-hydrogen) atoms. The zero-order valence-corrected chi connectivity index (χ0v) is 11.0. The Bertz CT molecular complexity index is 643. The second-order valence-corrected chi connectivity index (χ2v) is 4.15. The van der Waals surface area contributed by atoms with Crippen molar-refractivity contribution >= 4 is 29.0 Å². The zero-order valence-electron chi connectivity index (χ0n) is 10.2. The fourth-order valence-electron chi connectivity index (χ4n) is 1.44. The van der Waals surface area contributed by atoms with Crippen LogP contribution in [0.1, 0.15) is 10.5 Å². The zero-order chi connectivity index (χ0) is 14.7. The van der Waals surface area contributed by atoms with Crippen LogP contribution < -0.4 is 10.6 Å². The maximum Gasteiger partial charge on any atom is 0.276 e. The van der Waals surface area contributed by atoms with Gasteiger partial charge >= 0.3 is 0 Å². The van der Waals surface area contributed by atoms with Crippen LogP contribution in [-0.4, -0.2) is 22.9 Å². The van der Waals surface area contributed by atoms with Crippen LogP contribution in [0.2, 0.25) is 5.02 Å². The standard InChI is InChI=1S/C12H9ClF2N4O/c1-16-10-5-17-4-9(18-10)12(20)19-11-7(13)2-6(14)3-8(11)15/h2-5H,1H3,(H,16,18)(H,19,20). The molecule has 0 spiro atoms. The molecule has 8 heteroatoms. The van der Waals surface area contributed by atoms with Crippen LogP contribution in [0.25, 0.3) is 0 Å². The van der Waals surface area contributed by atoms with Gasteiger partial charge in [-0.15, -0.1) is 0 Å². The van der Waals surface area contributed by atoms with Crippen LogP contribution in [0, 0.1) is 11.6 Å². The van der Waals surface area contributed by atoms with E-state index in [1.165, 1.54) is 12.4 Å². The molecule has 0 aliphatic carbocycles. The molecule has 0 bridgehead atoms. The summed E-state index contributed by atoms with van der Waals surface area (Å²) >= 11 is 5.68. The Kier molecular flexibility index (Phi) is 4.09. The molecule has 1 aromatic heterocycles. The molecule has 1 amide bonds. The number of aromatic nitrogens is 2. The Morgan fingerprint density at radius 1 is 1.30 bits per heavy atom. The minimum atomic E-state index is -0.971. The fraction of sp³-hybridized carbons (Fsp3) is 0.0833. The fourth-order valence-corrected chi connectivity index (χ4v) is 1.68. The highest BCUT2D eigenvalue weighted by Gasteiger charge is 2.15. The lowest BCUT2D eigenvalue weighted by molar-refractivity contribution is 0.102. The Labute approximate surface area is 118 Å². The molecule has 0 saturated carbocycles. The predicted octanol–water partition coefficient (Wildman–Crippen LogP) is 2.70. The van der Waals surface area contributed by atoms with Gasteiger partial charge in [-0.05, 0) is 6.07 Å². The summed E-state index contributed by atoms with van der Waals surface area (Å²) in [6.45, 7) is 0. The maximum absolute atomic E-state index is 13.5. The van der Waals surface area contributed by atoms with Crippen LogP contribution in [-0.2, 0) is 0 Å². The third-order valence-corrected chi connectivity index (χ3v) is 2.67. The van der Waals surface area contributed by atoms with Gasteiger partial charge in [0.1, 0.15) is 17.3 Å². The molecule has 0 radical (unpaired) electrons.